The molecule has 0 aliphatic heterocycles. The number of pyridine rings is 3. The molecule has 0 saturated heterocycles. The number of aromatic nitrogens is 7. The minimum absolute atomic E-state index is 0.516. The number of nitrogens with zero attached hydrogens (tertiary/aromatic N) is 5. The monoisotopic (exact) mass is 528 g/mol. The molecule has 1 aliphatic carbocycles. The van der Waals surface area contributed by atoms with E-state index in [2.05, 4.69) is 49.7 Å². The Morgan fingerprint density at radius 3 is 2.65 bits per heavy atom. The lowest BCUT2D eigenvalue weighted by atomic mass is 9.87. The molecule has 5 heterocycles. The minimum atomic E-state index is 0.516. The Bertz CT molecular complexity index is 1700. The maximum absolute atomic E-state index is 4.99. The van der Waals surface area contributed by atoms with E-state index in [1.807, 2.05) is 49.7 Å². The molecule has 5 aromatic heterocycles. The van der Waals surface area contributed by atoms with Crippen LogP contribution in [0, 0.1) is 12.8 Å². The third-order valence-electron chi connectivity index (χ3n) is 7.48. The largest absolute Gasteiger partial charge is 0.358 e. The Kier molecular flexibility index (Phi) is 7.06. The number of rotatable bonds is 8. The summed E-state index contributed by atoms with van der Waals surface area (Å²) in [4.78, 5) is 22.0. The zero-order valence-electron chi connectivity index (χ0n) is 22.6. The second kappa shape index (κ2) is 11.1. The van der Waals surface area contributed by atoms with Crippen LogP contribution in [0.2, 0.25) is 0 Å². The number of hydrogen-bond acceptors (Lipinski definition) is 6. The van der Waals surface area contributed by atoms with Gasteiger partial charge in [0.2, 0.25) is 0 Å². The second-order valence-electron chi connectivity index (χ2n) is 10.2. The highest BCUT2D eigenvalue weighted by molar-refractivity contribution is 5.90. The SMILES string of the molecule is C=C/C=C(/c1ccncc1)c1nc(-c2n[nH]c3ccc(-c4cncc(NC(=C)C5CCCCC5)c4)nc23)[nH]c1C. The summed E-state index contributed by atoms with van der Waals surface area (Å²) in [5.74, 6) is 1.16. The van der Waals surface area contributed by atoms with Crippen molar-refractivity contribution >= 4 is 22.3 Å². The van der Waals surface area contributed by atoms with Gasteiger partial charge >= 0.3 is 0 Å². The van der Waals surface area contributed by atoms with E-state index in [-0.39, 0.29) is 0 Å². The lowest BCUT2D eigenvalue weighted by Gasteiger charge is -2.24. The van der Waals surface area contributed by atoms with Gasteiger partial charge < -0.3 is 10.3 Å². The molecule has 3 N–H and O–H groups in total. The van der Waals surface area contributed by atoms with Crippen LogP contribution >= 0.6 is 0 Å². The fourth-order valence-corrected chi connectivity index (χ4v) is 5.41. The Morgan fingerprint density at radius 2 is 1.85 bits per heavy atom. The molecule has 0 radical (unpaired) electrons. The molecule has 0 spiro atoms. The fourth-order valence-electron chi connectivity index (χ4n) is 5.41. The van der Waals surface area contributed by atoms with Crippen molar-refractivity contribution in [2.24, 2.45) is 5.92 Å². The van der Waals surface area contributed by atoms with Crippen molar-refractivity contribution in [1.29, 1.82) is 0 Å². The van der Waals surface area contributed by atoms with Crippen molar-refractivity contribution in [3.63, 3.8) is 0 Å². The standard InChI is InChI=1S/C32H32N8/c1-4-8-26(23-13-15-33-16-14-23)29-21(3)36-32(38-29)31-30-28(39-40-31)12-11-27(37-30)24-17-25(19-34-18-24)35-20(2)22-9-6-5-7-10-22/h4,8,11-19,22,35H,1-2,5-7,9-10H2,3H3,(H,36,38)(H,39,40)/b26-8-. The molecule has 0 bridgehead atoms. The molecule has 5 aromatic rings. The van der Waals surface area contributed by atoms with Gasteiger partial charge in [0.25, 0.3) is 0 Å². The van der Waals surface area contributed by atoms with Crippen LogP contribution in [0.3, 0.4) is 0 Å². The van der Waals surface area contributed by atoms with Gasteiger partial charge in [-0.2, -0.15) is 5.10 Å². The van der Waals surface area contributed by atoms with Crippen molar-refractivity contribution in [1.82, 2.24) is 35.1 Å². The molecule has 8 nitrogen and oxygen atoms in total. The topological polar surface area (TPSA) is 108 Å². The lowest BCUT2D eigenvalue weighted by Crippen LogP contribution is -2.14. The predicted octanol–water partition coefficient (Wildman–Crippen LogP) is 7.24. The summed E-state index contributed by atoms with van der Waals surface area (Å²) in [5.41, 5.74) is 9.66. The summed E-state index contributed by atoms with van der Waals surface area (Å²) in [7, 11) is 0. The van der Waals surface area contributed by atoms with Crippen molar-refractivity contribution in [3.8, 4) is 22.8 Å². The van der Waals surface area contributed by atoms with E-state index in [4.69, 9.17) is 9.97 Å². The molecule has 1 fully saturated rings. The summed E-state index contributed by atoms with van der Waals surface area (Å²) in [6.45, 7) is 10.2. The van der Waals surface area contributed by atoms with E-state index in [0.29, 0.717) is 17.4 Å². The summed E-state index contributed by atoms with van der Waals surface area (Å²) in [6, 6.07) is 9.97. The number of H-pyrrole nitrogens is 2. The Morgan fingerprint density at radius 1 is 1.02 bits per heavy atom. The highest BCUT2D eigenvalue weighted by atomic mass is 15.2. The van der Waals surface area contributed by atoms with E-state index in [1.54, 1.807) is 18.5 Å². The van der Waals surface area contributed by atoms with Crippen molar-refractivity contribution in [2.75, 3.05) is 5.32 Å². The Balaban J connectivity index is 1.32. The normalized spacial score (nSPS) is 14.4. The molecule has 0 amide bonds. The van der Waals surface area contributed by atoms with Crippen molar-refractivity contribution in [3.05, 3.63) is 103 Å². The molecule has 1 aliphatic rings. The number of hydrogen-bond donors (Lipinski definition) is 3. The molecule has 8 heteroatoms. The summed E-state index contributed by atoms with van der Waals surface area (Å²) in [6.07, 6.45) is 17.2. The zero-order valence-corrected chi connectivity index (χ0v) is 22.6. The molecular formula is C32H32N8. The molecule has 40 heavy (non-hydrogen) atoms. The summed E-state index contributed by atoms with van der Waals surface area (Å²) < 4.78 is 0. The number of aromatic amines is 2. The van der Waals surface area contributed by atoms with Gasteiger partial charge in [-0.05, 0) is 61.6 Å². The number of imidazole rings is 1. The molecule has 0 aromatic carbocycles. The third-order valence-corrected chi connectivity index (χ3v) is 7.48. The van der Waals surface area contributed by atoms with Crippen LogP contribution in [-0.2, 0) is 0 Å². The van der Waals surface area contributed by atoms with Gasteiger partial charge in [0.15, 0.2) is 11.5 Å². The van der Waals surface area contributed by atoms with E-state index in [1.165, 1.54) is 32.1 Å². The number of fused-ring (bicyclic) bond motifs is 1. The minimum Gasteiger partial charge on any atom is -0.358 e. The Labute approximate surface area is 233 Å². The van der Waals surface area contributed by atoms with Gasteiger partial charge in [-0.1, -0.05) is 44.6 Å². The Hall–Kier alpha value is -4.85. The van der Waals surface area contributed by atoms with E-state index >= 15 is 0 Å². The molecule has 6 rings (SSSR count). The lowest BCUT2D eigenvalue weighted by molar-refractivity contribution is 0.405. The maximum Gasteiger partial charge on any atom is 0.161 e. The molecule has 200 valence electrons. The van der Waals surface area contributed by atoms with Crippen LogP contribution < -0.4 is 5.32 Å². The van der Waals surface area contributed by atoms with Crippen LogP contribution in [0.25, 0.3) is 39.4 Å². The second-order valence-corrected chi connectivity index (χ2v) is 10.2. The number of anilines is 1. The zero-order chi connectivity index (χ0) is 27.5. The average molecular weight is 529 g/mol. The maximum atomic E-state index is 4.99. The smallest absolute Gasteiger partial charge is 0.161 e. The van der Waals surface area contributed by atoms with Crippen molar-refractivity contribution in [2.45, 2.75) is 39.0 Å². The first kappa shape index (κ1) is 25.4. The third kappa shape index (κ3) is 5.08. The summed E-state index contributed by atoms with van der Waals surface area (Å²) in [5, 5.41) is 11.2. The van der Waals surface area contributed by atoms with Crippen LogP contribution in [0.15, 0.2) is 86.1 Å². The van der Waals surface area contributed by atoms with Gasteiger partial charge in [0.05, 0.1) is 28.8 Å². The molecule has 0 unspecified atom stereocenters. The first-order valence-corrected chi connectivity index (χ1v) is 13.7. The fraction of sp³-hybridized carbons (Fsp3) is 0.219. The van der Waals surface area contributed by atoms with Crippen LogP contribution in [0.4, 0.5) is 5.69 Å². The van der Waals surface area contributed by atoms with Crippen LogP contribution in [-0.4, -0.2) is 35.1 Å². The number of aryl methyl sites for hydroxylation is 1. The van der Waals surface area contributed by atoms with E-state index in [0.717, 1.165) is 56.2 Å². The molecular weight excluding hydrogens is 496 g/mol. The van der Waals surface area contributed by atoms with Gasteiger partial charge in [0.1, 0.15) is 5.52 Å². The van der Waals surface area contributed by atoms with E-state index < -0.39 is 0 Å². The predicted molar refractivity (Wildman–Crippen MR) is 160 cm³/mol. The highest BCUT2D eigenvalue weighted by Crippen LogP contribution is 2.32. The first-order chi connectivity index (χ1) is 19.6. The van der Waals surface area contributed by atoms with Crippen molar-refractivity contribution < 1.29 is 0 Å². The quantitative estimate of drug-likeness (QED) is 0.183. The van der Waals surface area contributed by atoms with Gasteiger partial charge in [-0.25, -0.2) is 9.97 Å². The average Bonchev–Trinajstić information content (AvgIpc) is 3.59. The molecule has 1 saturated carbocycles. The van der Waals surface area contributed by atoms with Crippen LogP contribution in [0.1, 0.15) is 49.1 Å². The van der Waals surface area contributed by atoms with Gasteiger partial charge in [-0.15, -0.1) is 0 Å². The van der Waals surface area contributed by atoms with E-state index in [9.17, 15) is 0 Å². The number of nitrogens with one attached hydrogen (secondary N) is 3. The molecule has 0 atom stereocenters. The summed E-state index contributed by atoms with van der Waals surface area (Å²) >= 11 is 0. The van der Waals surface area contributed by atoms with Gasteiger partial charge in [-0.3, -0.25) is 15.1 Å². The van der Waals surface area contributed by atoms with Gasteiger partial charge in [0, 0.05) is 41.1 Å². The van der Waals surface area contributed by atoms with Crippen LogP contribution in [0.5, 0.6) is 0 Å². The number of allylic oxidation sites excluding steroid dienone is 3. The highest BCUT2D eigenvalue weighted by Gasteiger charge is 2.20. The first-order valence-electron chi connectivity index (χ1n) is 13.7.